The molecule has 0 aliphatic heterocycles. The molecule has 196 valence electrons. The van der Waals surface area contributed by atoms with E-state index in [0.717, 1.165) is 44.9 Å². The van der Waals surface area contributed by atoms with Gasteiger partial charge in [-0.25, -0.2) is 0 Å². The van der Waals surface area contributed by atoms with Gasteiger partial charge in [-0.3, -0.25) is 14.4 Å². The Morgan fingerprint density at radius 1 is 0.917 bits per heavy atom. The van der Waals surface area contributed by atoms with Crippen molar-refractivity contribution in [2.75, 3.05) is 0 Å². The first-order chi connectivity index (χ1) is 16.5. The fraction of sp³-hybridized carbons (Fsp3) is 0.812. The van der Waals surface area contributed by atoms with E-state index in [1.807, 2.05) is 19.9 Å². The zero-order valence-electron chi connectivity index (χ0n) is 23.7. The molecule has 0 aromatic rings. The van der Waals surface area contributed by atoms with Gasteiger partial charge in [-0.15, -0.1) is 0 Å². The van der Waals surface area contributed by atoms with Crippen molar-refractivity contribution in [3.05, 3.63) is 11.6 Å². The molecule has 0 aromatic carbocycles. The maximum absolute atomic E-state index is 14.4. The summed E-state index contributed by atoms with van der Waals surface area (Å²) in [7, 11) is 0. The number of nitrogens with zero attached hydrogens (tertiary/aromatic N) is 1. The monoisotopic (exact) mass is 491 g/mol. The zero-order valence-corrected chi connectivity index (χ0v) is 23.7. The number of Topliss-reactive ketones (excluding diaryl/α,β-unsaturated/α-hetero) is 3. The number of hydrogen-bond acceptors (Lipinski definition) is 4. The fourth-order valence-electron chi connectivity index (χ4n) is 10.9. The topological polar surface area (TPSA) is 75.0 Å². The molecule has 4 heteroatoms. The van der Waals surface area contributed by atoms with Gasteiger partial charge in [0.2, 0.25) is 0 Å². The molecule has 0 N–H and O–H groups in total. The molecule has 5 aliphatic carbocycles. The van der Waals surface area contributed by atoms with Gasteiger partial charge in [0.1, 0.15) is 17.6 Å². The molecule has 4 saturated carbocycles. The number of fused-ring (bicyclic) bond motifs is 7. The van der Waals surface area contributed by atoms with Crippen LogP contribution in [0, 0.1) is 67.5 Å². The van der Waals surface area contributed by atoms with Crippen molar-refractivity contribution in [3.63, 3.8) is 0 Å². The SMILES string of the molecule is CC(=O)[C@]12CCC(C)(C)C[C@@H]1C1C(=O)C[C@@H]3[C@@]4(C)C=C(C#N)C(=O)C(C)(C)[C@@H]4CC[C@@]3(C)[C@]1(C)CC2. The molecule has 1 unspecified atom stereocenters. The molecular weight excluding hydrogens is 446 g/mol. The van der Waals surface area contributed by atoms with Crippen molar-refractivity contribution in [3.8, 4) is 6.07 Å². The van der Waals surface area contributed by atoms with Crippen LogP contribution < -0.4 is 0 Å². The van der Waals surface area contributed by atoms with Gasteiger partial charge >= 0.3 is 0 Å². The van der Waals surface area contributed by atoms with Crippen LogP contribution in [-0.4, -0.2) is 17.3 Å². The third kappa shape index (κ3) is 2.95. The Hall–Kier alpha value is -1.76. The molecule has 0 heterocycles. The second-order valence-electron chi connectivity index (χ2n) is 15.4. The maximum Gasteiger partial charge on any atom is 0.178 e. The summed E-state index contributed by atoms with van der Waals surface area (Å²) < 4.78 is 0. The summed E-state index contributed by atoms with van der Waals surface area (Å²) >= 11 is 0. The number of rotatable bonds is 1. The van der Waals surface area contributed by atoms with Gasteiger partial charge in [-0.1, -0.05) is 54.5 Å². The molecule has 0 bridgehead atoms. The molecule has 36 heavy (non-hydrogen) atoms. The van der Waals surface area contributed by atoms with Crippen LogP contribution in [0.5, 0.6) is 0 Å². The van der Waals surface area contributed by atoms with Crippen LogP contribution in [-0.2, 0) is 14.4 Å². The Bertz CT molecular complexity index is 1120. The van der Waals surface area contributed by atoms with Crippen LogP contribution in [0.2, 0.25) is 0 Å². The van der Waals surface area contributed by atoms with Crippen molar-refractivity contribution < 1.29 is 14.4 Å². The molecule has 5 aliphatic rings. The minimum absolute atomic E-state index is 0.0457. The highest BCUT2D eigenvalue weighted by molar-refractivity contribution is 6.04. The van der Waals surface area contributed by atoms with E-state index in [9.17, 15) is 19.6 Å². The number of nitriles is 1. The molecule has 0 amide bonds. The quantitative estimate of drug-likeness (QED) is 0.401. The van der Waals surface area contributed by atoms with Crippen molar-refractivity contribution in [2.45, 2.75) is 107 Å². The maximum atomic E-state index is 14.4. The van der Waals surface area contributed by atoms with E-state index in [-0.39, 0.29) is 67.9 Å². The summed E-state index contributed by atoms with van der Waals surface area (Å²) in [5.41, 5.74) is -1.20. The largest absolute Gasteiger partial charge is 0.299 e. The average Bonchev–Trinajstić information content (AvgIpc) is 2.77. The number of carbonyl (C=O) groups excluding carboxylic acids is 3. The lowest BCUT2D eigenvalue weighted by atomic mass is 9.31. The lowest BCUT2D eigenvalue weighted by molar-refractivity contribution is -0.221. The van der Waals surface area contributed by atoms with Gasteiger partial charge in [-0.2, -0.15) is 5.26 Å². The number of hydrogen-bond donors (Lipinski definition) is 0. The third-order valence-corrected chi connectivity index (χ3v) is 13.2. The van der Waals surface area contributed by atoms with E-state index in [1.54, 1.807) is 6.92 Å². The van der Waals surface area contributed by atoms with E-state index in [1.165, 1.54) is 0 Å². The third-order valence-electron chi connectivity index (χ3n) is 13.2. The van der Waals surface area contributed by atoms with Crippen molar-refractivity contribution in [2.24, 2.45) is 56.2 Å². The van der Waals surface area contributed by atoms with Crippen molar-refractivity contribution >= 4 is 17.3 Å². The summed E-state index contributed by atoms with van der Waals surface area (Å²) in [6.45, 7) is 17.4. The molecule has 0 saturated heterocycles. The van der Waals surface area contributed by atoms with Crippen LogP contribution in [0.25, 0.3) is 0 Å². The summed E-state index contributed by atoms with van der Waals surface area (Å²) in [6.07, 6.45) is 9.08. The minimum atomic E-state index is -0.611. The van der Waals surface area contributed by atoms with Crippen molar-refractivity contribution in [1.82, 2.24) is 0 Å². The van der Waals surface area contributed by atoms with E-state index in [0.29, 0.717) is 12.2 Å². The first kappa shape index (κ1) is 25.9. The van der Waals surface area contributed by atoms with E-state index < -0.39 is 5.41 Å². The lowest BCUT2D eigenvalue weighted by Crippen LogP contribution is -2.69. The van der Waals surface area contributed by atoms with Gasteiger partial charge < -0.3 is 0 Å². The summed E-state index contributed by atoms with van der Waals surface area (Å²) in [5.74, 6) is 0.808. The molecule has 0 spiro atoms. The standard InChI is InChI=1S/C32H45NO3/c1-19(34)32-13-11-27(2,3)17-21(32)25-22(35)15-24-29(6)16-20(18-33)26(36)28(4,5)23(29)9-10-30(24,7)31(25,8)12-14-32/h16,21,23-25H,9-15,17H2,1-8H3/t21-,23+,24-,25?,29+,30-,31-,32-/m1/s1. The Morgan fingerprint density at radius 3 is 2.17 bits per heavy atom. The molecule has 4 nitrogen and oxygen atoms in total. The van der Waals surface area contributed by atoms with Crippen LogP contribution in [0.15, 0.2) is 11.6 Å². The molecule has 0 aromatic heterocycles. The van der Waals surface area contributed by atoms with Gasteiger partial charge in [0.05, 0.1) is 5.57 Å². The minimum Gasteiger partial charge on any atom is -0.299 e. The van der Waals surface area contributed by atoms with Crippen LogP contribution in [0.1, 0.15) is 107 Å². The number of carbonyl (C=O) groups is 3. The van der Waals surface area contributed by atoms with E-state index >= 15 is 0 Å². The normalized spacial score (nSPS) is 48.9. The lowest BCUT2D eigenvalue weighted by Gasteiger charge is -2.71. The first-order valence-electron chi connectivity index (χ1n) is 14.2. The summed E-state index contributed by atoms with van der Waals surface area (Å²) in [6, 6.07) is 2.21. The van der Waals surface area contributed by atoms with Gasteiger partial charge in [-0.05, 0) is 91.3 Å². The number of ketones is 3. The molecule has 8 atom stereocenters. The smallest absolute Gasteiger partial charge is 0.178 e. The Morgan fingerprint density at radius 2 is 1.56 bits per heavy atom. The van der Waals surface area contributed by atoms with E-state index in [4.69, 9.17) is 0 Å². The highest BCUT2D eigenvalue weighted by Gasteiger charge is 2.72. The fourth-order valence-corrected chi connectivity index (χ4v) is 10.9. The van der Waals surface area contributed by atoms with Crippen LogP contribution >= 0.6 is 0 Å². The second kappa shape index (κ2) is 7.42. The second-order valence-corrected chi connectivity index (χ2v) is 15.4. The number of allylic oxidation sites excluding steroid dienone is 2. The first-order valence-corrected chi connectivity index (χ1v) is 14.2. The molecule has 4 fully saturated rings. The van der Waals surface area contributed by atoms with Gasteiger partial charge in [0, 0.05) is 23.2 Å². The summed E-state index contributed by atoms with van der Waals surface area (Å²) in [4.78, 5) is 40.8. The predicted octanol–water partition coefficient (Wildman–Crippen LogP) is 6.87. The molecule has 5 rings (SSSR count). The highest BCUT2D eigenvalue weighted by Crippen LogP contribution is 2.75. The Balaban J connectivity index is 1.65. The molecular formula is C32H45NO3. The van der Waals surface area contributed by atoms with E-state index in [2.05, 4.69) is 40.7 Å². The van der Waals surface area contributed by atoms with Gasteiger partial charge in [0.25, 0.3) is 0 Å². The zero-order chi connectivity index (χ0) is 26.7. The highest BCUT2D eigenvalue weighted by atomic mass is 16.1. The Labute approximate surface area is 217 Å². The van der Waals surface area contributed by atoms with Crippen LogP contribution in [0.4, 0.5) is 0 Å². The average molecular weight is 492 g/mol. The molecule has 0 radical (unpaired) electrons. The van der Waals surface area contributed by atoms with Crippen LogP contribution in [0.3, 0.4) is 0 Å². The van der Waals surface area contributed by atoms with Crippen molar-refractivity contribution in [1.29, 1.82) is 5.26 Å². The predicted molar refractivity (Wildman–Crippen MR) is 140 cm³/mol. The van der Waals surface area contributed by atoms with Gasteiger partial charge in [0.15, 0.2) is 5.78 Å². The summed E-state index contributed by atoms with van der Waals surface area (Å²) in [5, 5.41) is 9.87. The Kier molecular flexibility index (Phi) is 5.33.